The molecule has 2 aromatic rings. The molecule has 1 aliphatic carbocycles. The molecule has 0 saturated heterocycles. The van der Waals surface area contributed by atoms with Gasteiger partial charge in [-0.3, -0.25) is 9.59 Å². The maximum Gasteiger partial charge on any atom is 0.198 e. The number of phenols is 3. The topological polar surface area (TPSA) is 104 Å². The molecule has 22 heavy (non-hydrogen) atoms. The standard InChI is InChI=1S/C16H12O6/c1-6-9(17)5-8-12(13(6)18)14(19)7-3-4-10(22-2)16(21)11(7)15(8)20/h3-5,17-18,21H,1-2H3. The van der Waals surface area contributed by atoms with Crippen LogP contribution in [-0.2, 0) is 0 Å². The van der Waals surface area contributed by atoms with Gasteiger partial charge < -0.3 is 20.1 Å². The predicted octanol–water partition coefficient (Wildman–Crippen LogP) is 1.90. The molecule has 0 aliphatic heterocycles. The van der Waals surface area contributed by atoms with Gasteiger partial charge in [0.05, 0.1) is 18.2 Å². The Hall–Kier alpha value is -3.02. The second-order valence-corrected chi connectivity index (χ2v) is 4.99. The molecule has 6 heteroatoms. The first-order valence-corrected chi connectivity index (χ1v) is 6.43. The Labute approximate surface area is 125 Å². The van der Waals surface area contributed by atoms with Gasteiger partial charge in [0, 0.05) is 16.7 Å². The van der Waals surface area contributed by atoms with Gasteiger partial charge in [-0.15, -0.1) is 0 Å². The molecule has 0 heterocycles. The molecule has 0 aromatic heterocycles. The largest absolute Gasteiger partial charge is 0.508 e. The van der Waals surface area contributed by atoms with Crippen LogP contribution in [0.1, 0.15) is 37.4 Å². The molecule has 3 N–H and O–H groups in total. The van der Waals surface area contributed by atoms with Crippen molar-refractivity contribution < 1.29 is 29.6 Å². The highest BCUT2D eigenvalue weighted by atomic mass is 16.5. The maximum absolute atomic E-state index is 12.6. The number of ketones is 2. The fourth-order valence-corrected chi connectivity index (χ4v) is 2.59. The number of hydrogen-bond donors (Lipinski definition) is 3. The SMILES string of the molecule is COc1ccc2c(c1O)C(=O)c1cc(O)c(C)c(O)c1C2=O. The summed E-state index contributed by atoms with van der Waals surface area (Å²) in [5, 5.41) is 30.0. The molecule has 0 bridgehead atoms. The molecule has 0 spiro atoms. The van der Waals surface area contributed by atoms with E-state index in [0.29, 0.717) is 0 Å². The summed E-state index contributed by atoms with van der Waals surface area (Å²) in [5.74, 6) is -2.38. The third kappa shape index (κ3) is 1.60. The zero-order valence-electron chi connectivity index (χ0n) is 11.8. The van der Waals surface area contributed by atoms with Gasteiger partial charge in [0.25, 0.3) is 0 Å². The summed E-state index contributed by atoms with van der Waals surface area (Å²) >= 11 is 0. The Morgan fingerprint density at radius 1 is 0.909 bits per heavy atom. The van der Waals surface area contributed by atoms with E-state index >= 15 is 0 Å². The number of carbonyl (C=O) groups excluding carboxylic acids is 2. The van der Waals surface area contributed by atoms with Crippen LogP contribution in [0.3, 0.4) is 0 Å². The maximum atomic E-state index is 12.6. The van der Waals surface area contributed by atoms with Crippen molar-refractivity contribution in [1.29, 1.82) is 0 Å². The molecule has 0 fully saturated rings. The van der Waals surface area contributed by atoms with Crippen LogP contribution in [-0.4, -0.2) is 34.0 Å². The summed E-state index contributed by atoms with van der Waals surface area (Å²) in [5.41, 5.74) is -0.421. The van der Waals surface area contributed by atoms with E-state index in [0.717, 1.165) is 6.07 Å². The van der Waals surface area contributed by atoms with Gasteiger partial charge in [0.2, 0.25) is 0 Å². The summed E-state index contributed by atoms with van der Waals surface area (Å²) in [6.45, 7) is 1.43. The molecule has 2 aromatic carbocycles. The third-order valence-corrected chi connectivity index (χ3v) is 3.83. The summed E-state index contributed by atoms with van der Waals surface area (Å²) in [6.07, 6.45) is 0. The van der Waals surface area contributed by atoms with Crippen LogP contribution in [0.4, 0.5) is 0 Å². The molecule has 0 amide bonds. The predicted molar refractivity (Wildman–Crippen MR) is 76.0 cm³/mol. The molecule has 1 aliphatic rings. The molecule has 3 rings (SSSR count). The number of benzene rings is 2. The van der Waals surface area contributed by atoms with Crippen LogP contribution in [0.25, 0.3) is 0 Å². The van der Waals surface area contributed by atoms with Crippen LogP contribution < -0.4 is 4.74 Å². The van der Waals surface area contributed by atoms with Gasteiger partial charge in [0.15, 0.2) is 23.1 Å². The molecular formula is C16H12O6. The van der Waals surface area contributed by atoms with Crippen molar-refractivity contribution in [3.63, 3.8) is 0 Å². The number of aromatic hydroxyl groups is 3. The number of fused-ring (bicyclic) bond motifs is 2. The highest BCUT2D eigenvalue weighted by Crippen LogP contribution is 2.43. The number of methoxy groups -OCH3 is 1. The normalized spacial score (nSPS) is 12.8. The number of phenolic OH excluding ortho intramolecular Hbond substituents is 3. The van der Waals surface area contributed by atoms with Crippen LogP contribution in [0.2, 0.25) is 0 Å². The minimum atomic E-state index is -0.661. The third-order valence-electron chi connectivity index (χ3n) is 3.83. The number of hydrogen-bond acceptors (Lipinski definition) is 6. The first kappa shape index (κ1) is 13.9. The molecule has 0 radical (unpaired) electrons. The summed E-state index contributed by atoms with van der Waals surface area (Å²) in [6, 6.07) is 3.85. The van der Waals surface area contributed by atoms with Crippen molar-refractivity contribution in [1.82, 2.24) is 0 Å². The van der Waals surface area contributed by atoms with Crippen LogP contribution in [0.15, 0.2) is 18.2 Å². The number of ether oxygens (including phenoxy) is 1. The van der Waals surface area contributed by atoms with Crippen molar-refractivity contribution in [3.8, 4) is 23.0 Å². The minimum absolute atomic E-state index is 0.0174. The van der Waals surface area contributed by atoms with Gasteiger partial charge in [-0.25, -0.2) is 0 Å². The van der Waals surface area contributed by atoms with Crippen molar-refractivity contribution in [3.05, 3.63) is 46.0 Å². The molecule has 112 valence electrons. The van der Waals surface area contributed by atoms with E-state index in [9.17, 15) is 24.9 Å². The lowest BCUT2D eigenvalue weighted by Gasteiger charge is -2.21. The number of rotatable bonds is 1. The second-order valence-electron chi connectivity index (χ2n) is 4.99. The molecule has 0 unspecified atom stereocenters. The van der Waals surface area contributed by atoms with E-state index < -0.39 is 23.1 Å². The quantitative estimate of drug-likeness (QED) is 0.634. The second kappa shape index (κ2) is 4.49. The van der Waals surface area contributed by atoms with Crippen molar-refractivity contribution in [2.75, 3.05) is 7.11 Å². The van der Waals surface area contributed by atoms with Crippen molar-refractivity contribution in [2.45, 2.75) is 6.92 Å². The first-order chi connectivity index (χ1) is 10.4. The van der Waals surface area contributed by atoms with Gasteiger partial charge in [0.1, 0.15) is 11.5 Å². The van der Waals surface area contributed by atoms with E-state index in [1.807, 2.05) is 0 Å². The van der Waals surface area contributed by atoms with Gasteiger partial charge in [-0.05, 0) is 25.1 Å². The summed E-state index contributed by atoms with van der Waals surface area (Å²) in [7, 11) is 1.32. The number of carbonyl (C=O) groups is 2. The Morgan fingerprint density at radius 3 is 2.14 bits per heavy atom. The lowest BCUT2D eigenvalue weighted by Crippen LogP contribution is -2.21. The van der Waals surface area contributed by atoms with E-state index in [1.54, 1.807) is 0 Å². The molecule has 0 saturated carbocycles. The van der Waals surface area contributed by atoms with E-state index in [2.05, 4.69) is 0 Å². The van der Waals surface area contributed by atoms with Crippen LogP contribution in [0, 0.1) is 6.92 Å². The highest BCUT2D eigenvalue weighted by Gasteiger charge is 2.36. The Kier molecular flexibility index (Phi) is 2.84. The Bertz CT molecular complexity index is 850. The van der Waals surface area contributed by atoms with Gasteiger partial charge in [-0.2, -0.15) is 0 Å². The zero-order chi connectivity index (χ0) is 16.2. The smallest absolute Gasteiger partial charge is 0.198 e. The average Bonchev–Trinajstić information content (AvgIpc) is 2.49. The highest BCUT2D eigenvalue weighted by molar-refractivity contribution is 6.30. The fraction of sp³-hybridized carbons (Fsp3) is 0.125. The Balaban J connectivity index is 2.38. The molecular weight excluding hydrogens is 288 g/mol. The molecule has 0 atom stereocenters. The van der Waals surface area contributed by atoms with Crippen LogP contribution in [0.5, 0.6) is 23.0 Å². The Morgan fingerprint density at radius 2 is 1.50 bits per heavy atom. The van der Waals surface area contributed by atoms with Gasteiger partial charge in [-0.1, -0.05) is 0 Å². The molecule has 6 nitrogen and oxygen atoms in total. The zero-order valence-corrected chi connectivity index (χ0v) is 11.8. The average molecular weight is 300 g/mol. The van der Waals surface area contributed by atoms with Crippen molar-refractivity contribution in [2.24, 2.45) is 0 Å². The van der Waals surface area contributed by atoms with E-state index in [4.69, 9.17) is 4.74 Å². The van der Waals surface area contributed by atoms with Crippen LogP contribution >= 0.6 is 0 Å². The van der Waals surface area contributed by atoms with Gasteiger partial charge >= 0.3 is 0 Å². The van der Waals surface area contributed by atoms with E-state index in [-0.39, 0.29) is 39.3 Å². The first-order valence-electron chi connectivity index (χ1n) is 6.43. The van der Waals surface area contributed by atoms with E-state index in [1.165, 1.54) is 26.2 Å². The lowest BCUT2D eigenvalue weighted by atomic mass is 9.82. The monoisotopic (exact) mass is 300 g/mol. The summed E-state index contributed by atoms with van der Waals surface area (Å²) in [4.78, 5) is 25.1. The fourth-order valence-electron chi connectivity index (χ4n) is 2.59. The minimum Gasteiger partial charge on any atom is -0.508 e. The lowest BCUT2D eigenvalue weighted by molar-refractivity contribution is 0.0973. The van der Waals surface area contributed by atoms with Crippen molar-refractivity contribution >= 4 is 11.6 Å². The summed E-state index contributed by atoms with van der Waals surface area (Å²) < 4.78 is 4.94.